The normalized spacial score (nSPS) is 16.9. The van der Waals surface area contributed by atoms with Gasteiger partial charge in [-0.3, -0.25) is 14.7 Å². The molecule has 1 amide bonds. The molecule has 1 aliphatic heterocycles. The number of amides is 1. The second-order valence-corrected chi connectivity index (χ2v) is 10.3. The third-order valence-corrected chi connectivity index (χ3v) is 7.34. The summed E-state index contributed by atoms with van der Waals surface area (Å²) in [6.45, 7) is 5.01. The number of benzene rings is 3. The number of para-hydroxylation sites is 1. The molecule has 0 radical (unpaired) electrons. The van der Waals surface area contributed by atoms with Crippen LogP contribution in [0, 0.1) is 11.8 Å². The number of hydrogen-bond acceptors (Lipinski definition) is 4. The molecule has 4 rings (SSSR count). The van der Waals surface area contributed by atoms with Gasteiger partial charge in [-0.25, -0.2) is 4.79 Å². The standard InChI is InChI=1S/C34H37N3O3/c1-3-4-5-14-23-34(2,33(39)40)36-31(27-18-10-7-11-19-27)28-20-12-13-21-29(28)35-32(38)30-22-15-24-37(30)25-26-16-8-6-9-17-26/h6-13,16-21,30H,5,14-15,22-25H2,1-2H3,(H,35,38)(H,39,40)/t30-,34+/m0/s1. The summed E-state index contributed by atoms with van der Waals surface area (Å²) >= 11 is 0. The van der Waals surface area contributed by atoms with Gasteiger partial charge in [0, 0.05) is 24.1 Å². The van der Waals surface area contributed by atoms with Gasteiger partial charge < -0.3 is 10.4 Å². The van der Waals surface area contributed by atoms with Gasteiger partial charge in [0.05, 0.1) is 17.4 Å². The molecular weight excluding hydrogens is 498 g/mol. The van der Waals surface area contributed by atoms with Crippen molar-refractivity contribution in [3.05, 3.63) is 102 Å². The first-order valence-corrected chi connectivity index (χ1v) is 13.9. The molecule has 1 heterocycles. The Morgan fingerprint density at radius 2 is 1.70 bits per heavy atom. The third kappa shape index (κ3) is 7.25. The Morgan fingerprint density at radius 3 is 2.40 bits per heavy atom. The maximum atomic E-state index is 13.6. The smallest absolute Gasteiger partial charge is 0.331 e. The lowest BCUT2D eigenvalue weighted by Crippen LogP contribution is -2.39. The van der Waals surface area contributed by atoms with Crippen LogP contribution in [-0.2, 0) is 16.1 Å². The number of aliphatic carboxylic acids is 1. The van der Waals surface area contributed by atoms with E-state index >= 15 is 0 Å². The van der Waals surface area contributed by atoms with Crippen LogP contribution in [0.5, 0.6) is 0 Å². The van der Waals surface area contributed by atoms with E-state index in [1.807, 2.05) is 72.8 Å². The highest BCUT2D eigenvalue weighted by Crippen LogP contribution is 2.28. The molecule has 6 heteroatoms. The highest BCUT2D eigenvalue weighted by molar-refractivity contribution is 6.18. The van der Waals surface area contributed by atoms with Crippen LogP contribution in [0.15, 0.2) is 89.9 Å². The summed E-state index contributed by atoms with van der Waals surface area (Å²) < 4.78 is 0. The van der Waals surface area contributed by atoms with Gasteiger partial charge >= 0.3 is 5.97 Å². The van der Waals surface area contributed by atoms with Crippen LogP contribution in [0.3, 0.4) is 0 Å². The number of unbranched alkanes of at least 4 members (excludes halogenated alkanes) is 1. The van der Waals surface area contributed by atoms with Gasteiger partial charge in [-0.1, -0.05) is 78.9 Å². The average Bonchev–Trinajstić information content (AvgIpc) is 3.44. The number of aliphatic imine (C=N–C) groups is 1. The Bertz CT molecular complexity index is 1390. The first kappa shape index (κ1) is 28.8. The van der Waals surface area contributed by atoms with Gasteiger partial charge in [-0.05, 0) is 57.7 Å². The summed E-state index contributed by atoms with van der Waals surface area (Å²) in [5.74, 6) is 4.82. The highest BCUT2D eigenvalue weighted by atomic mass is 16.4. The number of carboxylic acid groups (broad SMARTS) is 1. The van der Waals surface area contributed by atoms with Crippen molar-refractivity contribution in [2.24, 2.45) is 4.99 Å². The zero-order valence-corrected chi connectivity index (χ0v) is 23.3. The fourth-order valence-corrected chi connectivity index (χ4v) is 5.12. The number of carbonyl (C=O) groups excluding carboxylic acids is 1. The molecule has 6 nitrogen and oxygen atoms in total. The first-order chi connectivity index (χ1) is 19.4. The highest BCUT2D eigenvalue weighted by Gasteiger charge is 2.34. The van der Waals surface area contributed by atoms with Crippen LogP contribution < -0.4 is 5.32 Å². The quantitative estimate of drug-likeness (QED) is 0.175. The predicted octanol–water partition coefficient (Wildman–Crippen LogP) is 6.16. The van der Waals surface area contributed by atoms with E-state index in [0.717, 1.165) is 31.5 Å². The van der Waals surface area contributed by atoms with Gasteiger partial charge in [-0.15, -0.1) is 11.8 Å². The lowest BCUT2D eigenvalue weighted by atomic mass is 9.93. The zero-order valence-electron chi connectivity index (χ0n) is 23.3. The van der Waals surface area contributed by atoms with Crippen molar-refractivity contribution in [1.82, 2.24) is 4.90 Å². The van der Waals surface area contributed by atoms with Crippen molar-refractivity contribution in [2.75, 3.05) is 11.9 Å². The molecule has 1 aliphatic rings. The summed E-state index contributed by atoms with van der Waals surface area (Å²) in [6, 6.07) is 27.0. The Labute approximate surface area is 237 Å². The fourth-order valence-electron chi connectivity index (χ4n) is 5.12. The molecule has 0 aliphatic carbocycles. The Hall–Kier alpha value is -4.21. The Kier molecular flexibility index (Phi) is 9.88. The van der Waals surface area contributed by atoms with E-state index in [2.05, 4.69) is 34.2 Å². The molecule has 0 saturated carbocycles. The number of hydrogen-bond donors (Lipinski definition) is 2. The fraction of sp³-hybridized carbons (Fsp3) is 0.324. The number of carbonyl (C=O) groups is 2. The molecule has 0 unspecified atom stereocenters. The molecule has 3 aromatic carbocycles. The lowest BCUT2D eigenvalue weighted by molar-refractivity contribution is -0.142. The molecule has 3 aromatic rings. The molecule has 0 spiro atoms. The van der Waals surface area contributed by atoms with Crippen LogP contribution in [0.2, 0.25) is 0 Å². The minimum absolute atomic E-state index is 0.0626. The number of nitrogens with one attached hydrogen (secondary N) is 1. The second kappa shape index (κ2) is 13.7. The summed E-state index contributed by atoms with van der Waals surface area (Å²) in [7, 11) is 0. The van der Waals surface area contributed by atoms with Crippen molar-refractivity contribution < 1.29 is 14.7 Å². The maximum absolute atomic E-state index is 13.6. The van der Waals surface area contributed by atoms with Crippen LogP contribution in [-0.4, -0.2) is 45.7 Å². The van der Waals surface area contributed by atoms with Gasteiger partial charge in [0.15, 0.2) is 5.54 Å². The molecule has 0 bridgehead atoms. The minimum atomic E-state index is -1.35. The van der Waals surface area contributed by atoms with E-state index in [1.54, 1.807) is 13.8 Å². The van der Waals surface area contributed by atoms with E-state index < -0.39 is 11.5 Å². The van der Waals surface area contributed by atoms with E-state index in [4.69, 9.17) is 4.99 Å². The van der Waals surface area contributed by atoms with Crippen LogP contribution >= 0.6 is 0 Å². The van der Waals surface area contributed by atoms with E-state index in [9.17, 15) is 14.7 Å². The molecular formula is C34H37N3O3. The van der Waals surface area contributed by atoms with Crippen LogP contribution in [0.25, 0.3) is 0 Å². The van der Waals surface area contributed by atoms with E-state index in [-0.39, 0.29) is 11.9 Å². The van der Waals surface area contributed by atoms with Crippen LogP contribution in [0.4, 0.5) is 5.69 Å². The molecule has 2 N–H and O–H groups in total. The van der Waals surface area contributed by atoms with Gasteiger partial charge in [-0.2, -0.15) is 0 Å². The van der Waals surface area contributed by atoms with Crippen molar-refractivity contribution >= 4 is 23.3 Å². The van der Waals surface area contributed by atoms with E-state index in [1.165, 1.54) is 5.56 Å². The van der Waals surface area contributed by atoms with Crippen molar-refractivity contribution in [1.29, 1.82) is 0 Å². The molecule has 0 aromatic heterocycles. The first-order valence-electron chi connectivity index (χ1n) is 13.9. The summed E-state index contributed by atoms with van der Waals surface area (Å²) in [5.41, 5.74) is 2.46. The van der Waals surface area contributed by atoms with Crippen molar-refractivity contribution in [3.63, 3.8) is 0 Å². The van der Waals surface area contributed by atoms with Crippen molar-refractivity contribution in [3.8, 4) is 11.8 Å². The monoisotopic (exact) mass is 535 g/mol. The van der Waals surface area contributed by atoms with Crippen LogP contribution in [0.1, 0.15) is 62.6 Å². The number of rotatable bonds is 11. The predicted molar refractivity (Wildman–Crippen MR) is 160 cm³/mol. The Morgan fingerprint density at radius 1 is 1.02 bits per heavy atom. The molecule has 1 fully saturated rings. The SMILES string of the molecule is CC#CCCC[C@@](C)(N=C(c1ccccc1)c1ccccc1NC(=O)[C@@H]1CCCN1Cc1ccccc1)C(=O)O. The number of likely N-dealkylation sites (tertiary alicyclic amines) is 1. The van der Waals surface area contributed by atoms with E-state index in [0.29, 0.717) is 36.2 Å². The maximum Gasteiger partial charge on any atom is 0.331 e. The van der Waals surface area contributed by atoms with Gasteiger partial charge in [0.2, 0.25) is 5.91 Å². The van der Waals surface area contributed by atoms with Gasteiger partial charge in [0.25, 0.3) is 0 Å². The zero-order chi connectivity index (χ0) is 28.4. The van der Waals surface area contributed by atoms with Gasteiger partial charge in [0.1, 0.15) is 0 Å². The second-order valence-electron chi connectivity index (χ2n) is 10.3. The summed E-state index contributed by atoms with van der Waals surface area (Å²) in [6.07, 6.45) is 3.33. The van der Waals surface area contributed by atoms with Crippen molar-refractivity contribution in [2.45, 2.75) is 64.1 Å². The number of nitrogens with zero attached hydrogens (tertiary/aromatic N) is 2. The molecule has 206 valence electrons. The average molecular weight is 536 g/mol. The molecule has 1 saturated heterocycles. The summed E-state index contributed by atoms with van der Waals surface area (Å²) in [4.78, 5) is 33.2. The lowest BCUT2D eigenvalue weighted by Gasteiger charge is -2.25. The number of anilines is 1. The number of carboxylic acids is 1. The topological polar surface area (TPSA) is 82.0 Å². The molecule has 40 heavy (non-hydrogen) atoms. The third-order valence-electron chi connectivity index (χ3n) is 7.34. The molecule has 2 atom stereocenters. The largest absolute Gasteiger partial charge is 0.479 e. The minimum Gasteiger partial charge on any atom is -0.479 e. The summed E-state index contributed by atoms with van der Waals surface area (Å²) in [5, 5.41) is 13.4. The Balaban J connectivity index is 1.66.